The Morgan fingerprint density at radius 2 is 1.16 bits per heavy atom. The van der Waals surface area contributed by atoms with E-state index in [4.69, 9.17) is 18.9 Å². The molecule has 3 atom stereocenters. The van der Waals surface area contributed by atoms with Crippen molar-refractivity contribution < 1.29 is 18.9 Å². The van der Waals surface area contributed by atoms with Crippen molar-refractivity contribution in [3.63, 3.8) is 0 Å². The number of benzene rings is 3. The highest BCUT2D eigenvalue weighted by atomic mass is 127. The zero-order valence-electron chi connectivity index (χ0n) is 17.8. The van der Waals surface area contributed by atoms with Gasteiger partial charge in [0.1, 0.15) is 12.2 Å². The van der Waals surface area contributed by atoms with Crippen molar-refractivity contribution >= 4 is 22.6 Å². The lowest BCUT2D eigenvalue weighted by molar-refractivity contribution is -0.148. The summed E-state index contributed by atoms with van der Waals surface area (Å²) in [7, 11) is 0. The molecule has 0 saturated heterocycles. The fourth-order valence-corrected chi connectivity index (χ4v) is 4.23. The third-order valence-electron chi connectivity index (χ3n) is 5.24. The van der Waals surface area contributed by atoms with E-state index in [-0.39, 0.29) is 18.3 Å². The normalized spacial score (nSPS) is 20.4. The zero-order valence-corrected chi connectivity index (χ0v) is 20.0. The topological polar surface area (TPSA) is 36.9 Å². The van der Waals surface area contributed by atoms with Gasteiger partial charge in [0.05, 0.1) is 36.3 Å². The first-order chi connectivity index (χ1) is 15.8. The monoisotopic (exact) mass is 542 g/mol. The molecule has 166 valence electrons. The van der Waals surface area contributed by atoms with Gasteiger partial charge in [0.2, 0.25) is 0 Å². The summed E-state index contributed by atoms with van der Waals surface area (Å²) in [5.74, 6) is 0. The Balaban J connectivity index is 1.44. The molecular formula is C27H27IO4. The van der Waals surface area contributed by atoms with Crippen LogP contribution in [0.1, 0.15) is 16.7 Å². The van der Waals surface area contributed by atoms with E-state index in [0.29, 0.717) is 26.4 Å². The van der Waals surface area contributed by atoms with Crippen LogP contribution in [0, 0.1) is 0 Å². The fourth-order valence-electron chi connectivity index (χ4n) is 3.55. The molecule has 0 radical (unpaired) electrons. The average molecular weight is 542 g/mol. The average Bonchev–Trinajstić information content (AvgIpc) is 2.85. The summed E-state index contributed by atoms with van der Waals surface area (Å²) < 4.78 is 25.7. The first kappa shape index (κ1) is 23.0. The van der Waals surface area contributed by atoms with Gasteiger partial charge >= 0.3 is 0 Å². The molecular weight excluding hydrogens is 515 g/mol. The molecule has 0 unspecified atom stereocenters. The summed E-state index contributed by atoms with van der Waals surface area (Å²) in [5.41, 5.74) is 3.37. The largest absolute Gasteiger partial charge is 0.492 e. The lowest BCUT2D eigenvalue weighted by Crippen LogP contribution is -2.47. The summed E-state index contributed by atoms with van der Waals surface area (Å²) in [6.07, 6.45) is 1.00. The van der Waals surface area contributed by atoms with Crippen LogP contribution in [0.4, 0.5) is 0 Å². The molecule has 0 N–H and O–H groups in total. The number of rotatable bonds is 10. The van der Waals surface area contributed by atoms with Crippen molar-refractivity contribution in [2.45, 2.75) is 38.1 Å². The second-order valence-corrected chi connectivity index (χ2v) is 8.90. The van der Waals surface area contributed by atoms with E-state index in [2.05, 4.69) is 59.0 Å². The molecule has 0 aliphatic carbocycles. The van der Waals surface area contributed by atoms with Crippen molar-refractivity contribution in [1.29, 1.82) is 0 Å². The summed E-state index contributed by atoms with van der Waals surface area (Å²) in [5, 5.41) is 0. The van der Waals surface area contributed by atoms with E-state index < -0.39 is 0 Å². The predicted molar refractivity (Wildman–Crippen MR) is 133 cm³/mol. The van der Waals surface area contributed by atoms with Crippen LogP contribution in [0.2, 0.25) is 0 Å². The second-order valence-electron chi connectivity index (χ2n) is 7.66. The molecule has 32 heavy (non-hydrogen) atoms. The van der Waals surface area contributed by atoms with Gasteiger partial charge in [-0.25, -0.2) is 0 Å². The Hall–Kier alpha value is -2.19. The van der Waals surface area contributed by atoms with Crippen LogP contribution >= 0.6 is 22.6 Å². The van der Waals surface area contributed by atoms with Crippen LogP contribution < -0.4 is 0 Å². The number of hydrogen-bond donors (Lipinski definition) is 0. The molecule has 5 heteroatoms. The summed E-state index contributed by atoms with van der Waals surface area (Å²) in [4.78, 5) is 0. The van der Waals surface area contributed by atoms with Gasteiger partial charge in [-0.1, -0.05) is 91.0 Å². The number of ether oxygens (including phenoxy) is 4. The molecule has 0 aromatic heterocycles. The Labute approximate surface area is 203 Å². The van der Waals surface area contributed by atoms with Crippen LogP contribution in [-0.4, -0.2) is 24.9 Å². The molecule has 0 spiro atoms. The smallest absolute Gasteiger partial charge is 0.150 e. The Morgan fingerprint density at radius 3 is 1.72 bits per heavy atom. The molecule has 0 amide bonds. The molecule has 3 aromatic rings. The van der Waals surface area contributed by atoms with E-state index in [9.17, 15) is 0 Å². The van der Waals surface area contributed by atoms with Gasteiger partial charge in [0, 0.05) is 0 Å². The fraction of sp³-hybridized carbons (Fsp3) is 0.259. The summed E-state index contributed by atoms with van der Waals surface area (Å²) >= 11 is 2.28. The standard InChI is InChI=1S/C27H27IO4/c28-24-19-30-25(20-29-16-21-10-4-1-5-11-21)27(32-18-23-14-8-3-9-15-23)26(24)31-17-22-12-6-2-7-13-22/h1-15,19,25-27H,16-18,20H2/t25-,26-,27-/m1/s1. The highest BCUT2D eigenvalue weighted by Gasteiger charge is 2.38. The Bertz CT molecular complexity index is 963. The van der Waals surface area contributed by atoms with E-state index >= 15 is 0 Å². The van der Waals surface area contributed by atoms with Gasteiger partial charge in [0.15, 0.2) is 6.10 Å². The van der Waals surface area contributed by atoms with Crippen molar-refractivity contribution in [1.82, 2.24) is 0 Å². The maximum Gasteiger partial charge on any atom is 0.150 e. The highest BCUT2D eigenvalue weighted by Crippen LogP contribution is 2.30. The van der Waals surface area contributed by atoms with E-state index in [1.807, 2.05) is 54.6 Å². The quantitative estimate of drug-likeness (QED) is 0.293. The molecule has 1 aliphatic rings. The molecule has 0 fully saturated rings. The third kappa shape index (κ3) is 6.65. The van der Waals surface area contributed by atoms with E-state index in [0.717, 1.165) is 20.3 Å². The van der Waals surface area contributed by atoms with Crippen LogP contribution in [0.25, 0.3) is 0 Å². The summed E-state index contributed by atoms with van der Waals surface area (Å²) in [6.45, 7) is 1.94. The third-order valence-corrected chi connectivity index (χ3v) is 6.11. The van der Waals surface area contributed by atoms with Gasteiger partial charge in [0.25, 0.3) is 0 Å². The van der Waals surface area contributed by atoms with Gasteiger partial charge in [-0.2, -0.15) is 0 Å². The molecule has 0 bridgehead atoms. The molecule has 4 rings (SSSR count). The zero-order chi connectivity index (χ0) is 22.0. The van der Waals surface area contributed by atoms with Crippen LogP contribution in [0.3, 0.4) is 0 Å². The first-order valence-electron chi connectivity index (χ1n) is 10.7. The minimum Gasteiger partial charge on any atom is -0.492 e. The molecule has 0 saturated carbocycles. The predicted octanol–water partition coefficient (Wildman–Crippen LogP) is 6.05. The maximum atomic E-state index is 6.38. The Kier molecular flexibility index (Phi) is 8.73. The minimum absolute atomic E-state index is 0.224. The minimum atomic E-state index is -0.286. The van der Waals surface area contributed by atoms with E-state index in [1.54, 1.807) is 6.26 Å². The van der Waals surface area contributed by atoms with Crippen molar-refractivity contribution in [3.05, 3.63) is 118 Å². The number of hydrogen-bond acceptors (Lipinski definition) is 4. The SMILES string of the molecule is IC1=CO[C@H](COCc2ccccc2)[C@@H](OCc2ccccc2)[C@@H]1OCc1ccccc1. The van der Waals surface area contributed by atoms with E-state index in [1.165, 1.54) is 0 Å². The summed E-state index contributed by atoms with van der Waals surface area (Å²) in [6, 6.07) is 30.5. The van der Waals surface area contributed by atoms with Crippen molar-refractivity contribution in [2.75, 3.05) is 6.61 Å². The molecule has 3 aromatic carbocycles. The first-order valence-corrected chi connectivity index (χ1v) is 11.8. The molecule has 1 heterocycles. The Morgan fingerprint density at radius 1 is 0.656 bits per heavy atom. The lowest BCUT2D eigenvalue weighted by Gasteiger charge is -2.36. The van der Waals surface area contributed by atoms with Gasteiger partial charge in [-0.15, -0.1) is 0 Å². The van der Waals surface area contributed by atoms with Gasteiger partial charge in [-0.05, 0) is 39.3 Å². The molecule has 1 aliphatic heterocycles. The maximum absolute atomic E-state index is 6.38. The van der Waals surface area contributed by atoms with Crippen molar-refractivity contribution in [2.24, 2.45) is 0 Å². The van der Waals surface area contributed by atoms with Crippen LogP contribution in [-0.2, 0) is 38.8 Å². The van der Waals surface area contributed by atoms with Gasteiger partial charge in [-0.3, -0.25) is 0 Å². The highest BCUT2D eigenvalue weighted by molar-refractivity contribution is 14.1. The van der Waals surface area contributed by atoms with Crippen molar-refractivity contribution in [3.8, 4) is 0 Å². The van der Waals surface area contributed by atoms with Crippen LogP contribution in [0.5, 0.6) is 0 Å². The second kappa shape index (κ2) is 12.2. The van der Waals surface area contributed by atoms with Crippen LogP contribution in [0.15, 0.2) is 101 Å². The number of halogens is 1. The molecule has 4 nitrogen and oxygen atoms in total. The lowest BCUT2D eigenvalue weighted by atomic mass is 10.1. The van der Waals surface area contributed by atoms with Gasteiger partial charge < -0.3 is 18.9 Å².